The quantitative estimate of drug-likeness (QED) is 0.181. The van der Waals surface area contributed by atoms with Crippen molar-refractivity contribution in [2.75, 3.05) is 13.7 Å². The number of carbonyl (C=O) groups is 1. The van der Waals surface area contributed by atoms with Crippen molar-refractivity contribution in [2.45, 2.75) is 39.0 Å². The van der Waals surface area contributed by atoms with Crippen LogP contribution in [-0.2, 0) is 23.1 Å². The van der Waals surface area contributed by atoms with Crippen LogP contribution in [0.1, 0.15) is 37.4 Å². The van der Waals surface area contributed by atoms with Gasteiger partial charge in [0.15, 0.2) is 0 Å². The fourth-order valence-corrected chi connectivity index (χ4v) is 4.90. The lowest BCUT2D eigenvalue weighted by atomic mass is 10.1. The number of nitrogens with zero attached hydrogens (tertiary/aromatic N) is 1. The second-order valence-electron chi connectivity index (χ2n) is 9.24. The van der Waals surface area contributed by atoms with Gasteiger partial charge >= 0.3 is 16.3 Å². The van der Waals surface area contributed by atoms with Gasteiger partial charge in [0.25, 0.3) is 0 Å². The molecular formula is C30H34N4O5S. The number of nitrogens with one attached hydrogen (secondary N) is 3. The van der Waals surface area contributed by atoms with Crippen LogP contribution in [0.3, 0.4) is 0 Å². The highest BCUT2D eigenvalue weighted by atomic mass is 32.2. The molecule has 0 aliphatic carbocycles. The van der Waals surface area contributed by atoms with Crippen molar-refractivity contribution < 1.29 is 22.7 Å². The number of unbranched alkanes of at least 4 members (excludes halogenated alkanes) is 2. The molecule has 3 N–H and O–H groups in total. The molecule has 0 aliphatic rings. The second-order valence-corrected chi connectivity index (χ2v) is 10.7. The number of hydrogen-bond acceptors (Lipinski definition) is 6. The normalized spacial score (nSPS) is 11.2. The molecule has 0 saturated heterocycles. The molecule has 210 valence electrons. The number of hydrogen-bond donors (Lipinski definition) is 3. The highest BCUT2D eigenvalue weighted by molar-refractivity contribution is 7.88. The van der Waals surface area contributed by atoms with E-state index in [1.807, 2.05) is 71.5 Å². The Morgan fingerprint density at radius 1 is 0.875 bits per heavy atom. The Morgan fingerprint density at radius 3 is 2.25 bits per heavy atom. The van der Waals surface area contributed by atoms with E-state index in [1.54, 1.807) is 19.2 Å². The van der Waals surface area contributed by atoms with Crippen LogP contribution >= 0.6 is 0 Å². The Bertz CT molecular complexity index is 1490. The summed E-state index contributed by atoms with van der Waals surface area (Å²) in [5.74, 6) is 1.66. The molecule has 1 amide bonds. The molecule has 40 heavy (non-hydrogen) atoms. The van der Waals surface area contributed by atoms with Gasteiger partial charge in [0.05, 0.1) is 18.5 Å². The summed E-state index contributed by atoms with van der Waals surface area (Å²) in [6.07, 6.45) is 3.53. The SMILES string of the molecule is CCCCCc1ccc(OC(=O)NS(=O)(=O)NCCc2nc(-c3ccccc3)[nH]c2-c2ccc(OC)cc2)cc1. The van der Waals surface area contributed by atoms with E-state index < -0.39 is 16.3 Å². The zero-order valence-corrected chi connectivity index (χ0v) is 23.5. The van der Waals surface area contributed by atoms with E-state index in [4.69, 9.17) is 14.5 Å². The Labute approximate surface area is 235 Å². The average molecular weight is 563 g/mol. The number of methoxy groups -OCH3 is 1. The summed E-state index contributed by atoms with van der Waals surface area (Å²) in [4.78, 5) is 20.3. The number of amides is 1. The van der Waals surface area contributed by atoms with Gasteiger partial charge in [-0.1, -0.05) is 62.2 Å². The number of rotatable bonds is 13. The molecular weight excluding hydrogens is 528 g/mol. The van der Waals surface area contributed by atoms with Crippen LogP contribution in [-0.4, -0.2) is 38.1 Å². The van der Waals surface area contributed by atoms with Gasteiger partial charge < -0.3 is 14.5 Å². The van der Waals surface area contributed by atoms with E-state index in [-0.39, 0.29) is 18.7 Å². The minimum absolute atomic E-state index is 0.0112. The summed E-state index contributed by atoms with van der Waals surface area (Å²) in [5, 5.41) is 0. The molecule has 4 rings (SSSR count). The van der Waals surface area contributed by atoms with Gasteiger partial charge in [-0.2, -0.15) is 13.1 Å². The van der Waals surface area contributed by atoms with E-state index >= 15 is 0 Å². The Hall–Kier alpha value is -4.15. The van der Waals surface area contributed by atoms with E-state index in [0.717, 1.165) is 53.8 Å². The van der Waals surface area contributed by atoms with Gasteiger partial charge in [-0.05, 0) is 54.8 Å². The molecule has 0 fully saturated rings. The summed E-state index contributed by atoms with van der Waals surface area (Å²) in [6.45, 7) is 2.16. The Morgan fingerprint density at radius 2 is 1.57 bits per heavy atom. The predicted molar refractivity (Wildman–Crippen MR) is 155 cm³/mol. The number of carbonyl (C=O) groups excluding carboxylic acids is 1. The fourth-order valence-electron chi connectivity index (χ4n) is 4.20. The van der Waals surface area contributed by atoms with E-state index in [2.05, 4.69) is 16.6 Å². The van der Waals surface area contributed by atoms with Crippen LogP contribution in [0.4, 0.5) is 4.79 Å². The van der Waals surface area contributed by atoms with Gasteiger partial charge in [-0.15, -0.1) is 0 Å². The maximum atomic E-state index is 12.5. The summed E-state index contributed by atoms with van der Waals surface area (Å²) < 4.78 is 39.7. The zero-order chi connectivity index (χ0) is 28.4. The van der Waals surface area contributed by atoms with Crippen molar-refractivity contribution in [2.24, 2.45) is 0 Å². The molecule has 0 atom stereocenters. The predicted octanol–water partition coefficient (Wildman–Crippen LogP) is 5.65. The third-order valence-electron chi connectivity index (χ3n) is 6.28. The van der Waals surface area contributed by atoms with Crippen LogP contribution in [0.25, 0.3) is 22.6 Å². The second kappa shape index (κ2) is 13.8. The maximum Gasteiger partial charge on any atom is 0.427 e. The molecule has 0 spiro atoms. The number of H-pyrrole nitrogens is 1. The van der Waals surface area contributed by atoms with Crippen LogP contribution < -0.4 is 18.9 Å². The molecule has 9 nitrogen and oxygen atoms in total. The van der Waals surface area contributed by atoms with Crippen molar-refractivity contribution in [3.05, 3.63) is 90.1 Å². The van der Waals surface area contributed by atoms with Crippen molar-refractivity contribution in [1.29, 1.82) is 0 Å². The number of ether oxygens (including phenoxy) is 2. The molecule has 0 radical (unpaired) electrons. The topological polar surface area (TPSA) is 122 Å². The molecule has 0 saturated carbocycles. The third kappa shape index (κ3) is 8.17. The summed E-state index contributed by atoms with van der Waals surface area (Å²) in [6, 6.07) is 24.2. The number of benzene rings is 3. The van der Waals surface area contributed by atoms with Crippen molar-refractivity contribution in [3.8, 4) is 34.1 Å². The molecule has 0 unspecified atom stereocenters. The van der Waals surface area contributed by atoms with Gasteiger partial charge in [0.1, 0.15) is 17.3 Å². The molecule has 3 aromatic carbocycles. The molecule has 1 heterocycles. The van der Waals surface area contributed by atoms with Gasteiger partial charge in [0.2, 0.25) is 0 Å². The molecule has 4 aromatic rings. The summed E-state index contributed by atoms with van der Waals surface area (Å²) >= 11 is 0. The number of imidazole rings is 1. The zero-order valence-electron chi connectivity index (χ0n) is 22.6. The van der Waals surface area contributed by atoms with Crippen molar-refractivity contribution >= 4 is 16.3 Å². The average Bonchev–Trinajstić information content (AvgIpc) is 3.38. The lowest BCUT2D eigenvalue weighted by Gasteiger charge is -2.09. The standard InChI is InChI=1S/C30H34N4O5S/c1-3-4-6-9-22-12-16-26(17-13-22)39-30(35)34-40(36,37)31-21-20-27-28(23-14-18-25(38-2)19-15-23)33-29(32-27)24-10-7-5-8-11-24/h5,7-8,10-19,31H,3-4,6,9,20-21H2,1-2H3,(H,32,33)(H,34,35). The van der Waals surface area contributed by atoms with E-state index in [9.17, 15) is 13.2 Å². The lowest BCUT2D eigenvalue weighted by molar-refractivity contribution is 0.206. The van der Waals surface area contributed by atoms with Gasteiger partial charge in [-0.25, -0.2) is 14.5 Å². The largest absolute Gasteiger partial charge is 0.497 e. The Balaban J connectivity index is 1.37. The molecule has 0 aliphatic heterocycles. The smallest absolute Gasteiger partial charge is 0.427 e. The maximum absolute atomic E-state index is 12.5. The van der Waals surface area contributed by atoms with Gasteiger partial charge in [-0.3, -0.25) is 0 Å². The molecule has 10 heteroatoms. The first-order valence-corrected chi connectivity index (χ1v) is 14.7. The summed E-state index contributed by atoms with van der Waals surface area (Å²) in [7, 11) is -2.55. The Kier molecular flexibility index (Phi) is 9.93. The summed E-state index contributed by atoms with van der Waals surface area (Å²) in [5.41, 5.74) is 4.37. The van der Waals surface area contributed by atoms with Crippen molar-refractivity contribution in [3.63, 3.8) is 0 Å². The van der Waals surface area contributed by atoms with Crippen LogP contribution in [0.5, 0.6) is 11.5 Å². The van der Waals surface area contributed by atoms with Crippen LogP contribution in [0, 0.1) is 0 Å². The first-order chi connectivity index (χ1) is 19.4. The first kappa shape index (κ1) is 28.8. The molecule has 1 aromatic heterocycles. The third-order valence-corrected chi connectivity index (χ3v) is 7.30. The van der Waals surface area contributed by atoms with Crippen LogP contribution in [0.2, 0.25) is 0 Å². The minimum Gasteiger partial charge on any atom is -0.497 e. The monoisotopic (exact) mass is 562 g/mol. The number of aromatic amines is 1. The first-order valence-electron chi connectivity index (χ1n) is 13.2. The molecule has 0 bridgehead atoms. The highest BCUT2D eigenvalue weighted by Crippen LogP contribution is 2.28. The van der Waals surface area contributed by atoms with Gasteiger partial charge in [0, 0.05) is 24.1 Å². The fraction of sp³-hybridized carbons (Fsp3) is 0.267. The minimum atomic E-state index is -4.16. The number of aromatic nitrogens is 2. The van der Waals surface area contributed by atoms with Crippen molar-refractivity contribution in [1.82, 2.24) is 19.4 Å². The van der Waals surface area contributed by atoms with E-state index in [1.165, 1.54) is 0 Å². The van der Waals surface area contributed by atoms with E-state index in [0.29, 0.717) is 11.5 Å². The highest BCUT2D eigenvalue weighted by Gasteiger charge is 2.18. The lowest BCUT2D eigenvalue weighted by Crippen LogP contribution is -2.42. The number of aryl methyl sites for hydroxylation is 1. The van der Waals surface area contributed by atoms with Crippen LogP contribution in [0.15, 0.2) is 78.9 Å².